The van der Waals surface area contributed by atoms with Crippen molar-refractivity contribution >= 4 is 34.9 Å². The summed E-state index contributed by atoms with van der Waals surface area (Å²) in [5.41, 5.74) is 1.81. The van der Waals surface area contributed by atoms with Crippen molar-refractivity contribution in [3.63, 3.8) is 0 Å². The molecule has 8 rings (SSSR count). The molecule has 1 unspecified atom stereocenters. The van der Waals surface area contributed by atoms with Gasteiger partial charge in [-0.3, -0.25) is 9.59 Å². The molecule has 0 spiro atoms. The zero-order valence-electron chi connectivity index (χ0n) is 31.2. The Labute approximate surface area is 338 Å². The number of β-lactam (4-membered cyclic amide) rings is 2. The molecular formula is C38H40N2NaO14-. The minimum Gasteiger partial charge on any atom is -0.831 e. The van der Waals surface area contributed by atoms with Gasteiger partial charge in [0.2, 0.25) is 25.4 Å². The standard InChI is InChI=1S/C22H26NO8.C16H15NO6.Na/c1-11(24)17-14-8-13(12-5-6-15-16(7-12)29-9-28-15)18(23(14)19(17)25)20(26)30-10-31-21(27)22(2,3)4;1-7(18)13-10-5-9(14(16(20)21)17(10)15(13)19)8-2-3-11-12(4-8)23-6-22-11;/h5-7,11,14,17,21,24H,8-10H2,1-4H3;2-4,7,10,13,18H,5-6H2,1H3,(H,20,21);/q-1;;+1/p-1/t11-,14-,17-,21?;7-,10-,13-;/m11./s1. The van der Waals surface area contributed by atoms with E-state index >= 15 is 0 Å². The van der Waals surface area contributed by atoms with Crippen LogP contribution in [0.4, 0.5) is 0 Å². The Morgan fingerprint density at radius 3 is 1.67 bits per heavy atom. The minimum absolute atomic E-state index is 0. The van der Waals surface area contributed by atoms with E-state index in [4.69, 9.17) is 28.4 Å². The zero-order chi connectivity index (χ0) is 38.8. The van der Waals surface area contributed by atoms with E-state index in [9.17, 15) is 39.6 Å². The number of amides is 2. The molecule has 0 radical (unpaired) electrons. The summed E-state index contributed by atoms with van der Waals surface area (Å²) >= 11 is 0. The number of carboxylic acid groups (broad SMARTS) is 1. The summed E-state index contributed by atoms with van der Waals surface area (Å²) in [5.74, 6) is -1.72. The Kier molecular flexibility index (Phi) is 11.3. The van der Waals surface area contributed by atoms with Gasteiger partial charge in [0.25, 0.3) is 0 Å². The normalized spacial score (nSPS) is 24.5. The van der Waals surface area contributed by atoms with Crippen molar-refractivity contribution in [1.29, 1.82) is 0 Å². The van der Waals surface area contributed by atoms with Crippen LogP contribution in [-0.4, -0.2) is 94.7 Å². The molecule has 2 N–H and O–H groups in total. The molecule has 0 bridgehead atoms. The summed E-state index contributed by atoms with van der Waals surface area (Å²) in [5, 5.41) is 43.3. The number of benzene rings is 2. The first-order valence-electron chi connectivity index (χ1n) is 17.5. The van der Waals surface area contributed by atoms with Crippen LogP contribution >= 0.6 is 0 Å². The maximum atomic E-state index is 12.9. The number of aliphatic carboxylic acids is 1. The van der Waals surface area contributed by atoms with Crippen molar-refractivity contribution in [1.82, 2.24) is 9.80 Å². The molecular weight excluding hydrogens is 731 g/mol. The van der Waals surface area contributed by atoms with Gasteiger partial charge in [-0.2, -0.15) is 0 Å². The molecule has 0 aromatic heterocycles. The van der Waals surface area contributed by atoms with Gasteiger partial charge in [-0.05, 0) is 84.9 Å². The molecule has 0 aliphatic carbocycles. The number of carbonyl (C=O) groups is 4. The quantitative estimate of drug-likeness (QED) is 0.117. The number of fused-ring (bicyclic) bond motifs is 4. The van der Waals surface area contributed by atoms with E-state index in [1.54, 1.807) is 64.1 Å². The summed E-state index contributed by atoms with van der Waals surface area (Å²) in [7, 11) is 0. The SMILES string of the molecule is C[C@@H](O)[C@H]1C(=O)N2C(C(=O)OCOC([O-])C(C)(C)C)=C(c3ccc4c(c3)OCO4)C[C@H]12.C[C@@H](O)[C@H]1C(=O)N2C(C(=O)[O-])=C(c3ccc4c(c3)OCO4)C[C@H]12.[Na+]. The van der Waals surface area contributed by atoms with Crippen LogP contribution in [0.5, 0.6) is 23.0 Å². The molecule has 6 aliphatic rings. The van der Waals surface area contributed by atoms with Gasteiger partial charge in [0.15, 0.2) is 29.8 Å². The topological polar surface area (TPSA) is 217 Å². The van der Waals surface area contributed by atoms with Crippen molar-refractivity contribution in [3.8, 4) is 23.0 Å². The summed E-state index contributed by atoms with van der Waals surface area (Å²) in [4.78, 5) is 51.9. The van der Waals surface area contributed by atoms with Crippen LogP contribution in [0.1, 0.15) is 58.6 Å². The van der Waals surface area contributed by atoms with Gasteiger partial charge in [-0.15, -0.1) is 0 Å². The average Bonchev–Trinajstić information content (AvgIpc) is 3.90. The summed E-state index contributed by atoms with van der Waals surface area (Å²) in [6.45, 7) is 8.00. The molecule has 2 amide bonds. The van der Waals surface area contributed by atoms with Gasteiger partial charge in [0.1, 0.15) is 5.70 Å². The molecule has 288 valence electrons. The Bertz CT molecular complexity index is 1970. The number of rotatable bonds is 9. The fourth-order valence-electron chi connectivity index (χ4n) is 7.67. The number of esters is 1. The fraction of sp³-hybridized carbons (Fsp3) is 0.474. The molecule has 2 aromatic rings. The minimum atomic E-state index is -1.39. The van der Waals surface area contributed by atoms with Gasteiger partial charge in [0.05, 0.1) is 47.8 Å². The maximum Gasteiger partial charge on any atom is 1.00 e. The first-order chi connectivity index (χ1) is 25.6. The van der Waals surface area contributed by atoms with Crippen molar-refractivity contribution in [2.45, 2.75) is 78.0 Å². The van der Waals surface area contributed by atoms with Crippen molar-refractivity contribution in [2.24, 2.45) is 17.3 Å². The Morgan fingerprint density at radius 1 is 0.800 bits per heavy atom. The number of ether oxygens (including phenoxy) is 6. The van der Waals surface area contributed by atoms with Gasteiger partial charge >= 0.3 is 35.5 Å². The van der Waals surface area contributed by atoms with Crippen LogP contribution in [0.15, 0.2) is 47.8 Å². The molecule has 2 fully saturated rings. The Balaban J connectivity index is 0.000000191. The number of aliphatic hydroxyl groups excluding tert-OH is 2. The van der Waals surface area contributed by atoms with Crippen molar-refractivity contribution in [2.75, 3.05) is 20.4 Å². The third kappa shape index (κ3) is 7.20. The number of carboxylic acids is 1. The number of hydrogen-bond donors (Lipinski definition) is 2. The monoisotopic (exact) mass is 771 g/mol. The summed E-state index contributed by atoms with van der Waals surface area (Å²) in [6, 6.07) is 9.76. The van der Waals surface area contributed by atoms with Gasteiger partial charge < -0.3 is 63.4 Å². The van der Waals surface area contributed by atoms with E-state index in [0.717, 1.165) is 0 Å². The largest absolute Gasteiger partial charge is 1.00 e. The summed E-state index contributed by atoms with van der Waals surface area (Å²) in [6.07, 6.45) is -2.27. The van der Waals surface area contributed by atoms with E-state index in [1.165, 1.54) is 16.7 Å². The van der Waals surface area contributed by atoms with Crippen molar-refractivity contribution < 1.29 is 97.6 Å². The van der Waals surface area contributed by atoms with Crippen LogP contribution in [0, 0.1) is 17.3 Å². The molecule has 17 heteroatoms. The maximum absolute atomic E-state index is 12.9. The number of hydrogen-bond acceptors (Lipinski definition) is 14. The second-order valence-electron chi connectivity index (χ2n) is 15.0. The van der Waals surface area contributed by atoms with E-state index in [-0.39, 0.29) is 78.4 Å². The number of nitrogens with zero attached hydrogens (tertiary/aromatic N) is 2. The zero-order valence-corrected chi connectivity index (χ0v) is 33.2. The Morgan fingerprint density at radius 2 is 1.24 bits per heavy atom. The van der Waals surface area contributed by atoms with Crippen LogP contribution in [0.2, 0.25) is 0 Å². The Hall–Kier alpha value is -4.16. The molecule has 2 aromatic carbocycles. The van der Waals surface area contributed by atoms with E-state index < -0.39 is 54.5 Å². The van der Waals surface area contributed by atoms with Crippen LogP contribution < -0.4 is 58.7 Å². The van der Waals surface area contributed by atoms with Gasteiger partial charge in [-0.25, -0.2) is 4.79 Å². The molecule has 6 heterocycles. The molecule has 0 saturated carbocycles. The predicted molar refractivity (Wildman–Crippen MR) is 180 cm³/mol. The second kappa shape index (κ2) is 15.4. The van der Waals surface area contributed by atoms with E-state index in [2.05, 4.69) is 0 Å². The molecule has 6 aliphatic heterocycles. The first kappa shape index (κ1) is 40.5. The molecule has 16 nitrogen and oxygen atoms in total. The summed E-state index contributed by atoms with van der Waals surface area (Å²) < 4.78 is 31.6. The second-order valence-corrected chi connectivity index (χ2v) is 15.0. The van der Waals surface area contributed by atoms with E-state index in [0.29, 0.717) is 58.1 Å². The van der Waals surface area contributed by atoms with E-state index in [1.807, 2.05) is 0 Å². The van der Waals surface area contributed by atoms with Crippen LogP contribution in [0.25, 0.3) is 11.1 Å². The van der Waals surface area contributed by atoms with Crippen LogP contribution in [-0.2, 0) is 28.7 Å². The smallest absolute Gasteiger partial charge is 0.831 e. The molecule has 55 heavy (non-hydrogen) atoms. The number of carbonyl (C=O) groups excluding carboxylic acids is 4. The third-order valence-electron chi connectivity index (χ3n) is 10.4. The van der Waals surface area contributed by atoms with Gasteiger partial charge in [0, 0.05) is 0 Å². The third-order valence-corrected chi connectivity index (χ3v) is 10.4. The number of aliphatic hydroxyl groups is 2. The van der Waals surface area contributed by atoms with Crippen LogP contribution in [0.3, 0.4) is 0 Å². The predicted octanol–water partition coefficient (Wildman–Crippen LogP) is -2.52. The molecule has 7 atom stereocenters. The van der Waals surface area contributed by atoms with Gasteiger partial charge in [-0.1, -0.05) is 32.9 Å². The first-order valence-corrected chi connectivity index (χ1v) is 17.5. The average molecular weight is 772 g/mol. The van der Waals surface area contributed by atoms with Crippen molar-refractivity contribution in [3.05, 3.63) is 58.9 Å². The molecule has 2 saturated heterocycles. The fourth-order valence-corrected chi connectivity index (χ4v) is 7.67.